The Morgan fingerprint density at radius 3 is 2.45 bits per heavy atom. The van der Waals surface area contributed by atoms with Gasteiger partial charge in [-0.05, 0) is 59.5 Å². The van der Waals surface area contributed by atoms with Crippen molar-refractivity contribution in [3.63, 3.8) is 0 Å². The number of piperidine rings is 1. The van der Waals surface area contributed by atoms with Crippen LogP contribution in [0, 0.1) is 12.3 Å². The van der Waals surface area contributed by atoms with Crippen LogP contribution in [0.4, 0.5) is 11.5 Å². The molecule has 0 aromatic carbocycles. The molecule has 1 aromatic rings. The summed E-state index contributed by atoms with van der Waals surface area (Å²) < 4.78 is 1.07. The van der Waals surface area contributed by atoms with Crippen molar-refractivity contribution in [3.8, 4) is 0 Å². The quantitative estimate of drug-likeness (QED) is 0.831. The zero-order valence-corrected chi connectivity index (χ0v) is 13.9. The zero-order chi connectivity index (χ0) is 14.2. The van der Waals surface area contributed by atoms with Crippen LogP contribution in [0.3, 0.4) is 0 Å². The molecule has 0 radical (unpaired) electrons. The van der Waals surface area contributed by atoms with Crippen molar-refractivity contribution >= 4 is 27.4 Å². The van der Waals surface area contributed by atoms with Gasteiger partial charge in [-0.3, -0.25) is 0 Å². The van der Waals surface area contributed by atoms with E-state index in [1.807, 2.05) is 0 Å². The van der Waals surface area contributed by atoms with Gasteiger partial charge < -0.3 is 10.6 Å². The summed E-state index contributed by atoms with van der Waals surface area (Å²) in [6.07, 6.45) is 11.6. The number of nitrogen functional groups attached to an aromatic ring is 1. The molecule has 2 N–H and O–H groups in total. The standard InChI is InChI=1S/C16H24BrN3/c1-12-13(18)11-19-15(14(12)17)20-9-7-16(8-10-20)5-3-2-4-6-16/h11H,2-10,18H2,1H3. The van der Waals surface area contributed by atoms with Crippen LogP contribution >= 0.6 is 15.9 Å². The molecule has 0 bridgehead atoms. The van der Waals surface area contributed by atoms with E-state index in [2.05, 4.69) is 32.7 Å². The highest BCUT2D eigenvalue weighted by Crippen LogP contribution is 2.45. The second-order valence-corrected chi connectivity index (χ2v) is 7.32. The minimum absolute atomic E-state index is 0.643. The Morgan fingerprint density at radius 1 is 1.15 bits per heavy atom. The molecule has 1 saturated carbocycles. The highest BCUT2D eigenvalue weighted by atomic mass is 79.9. The Labute approximate surface area is 130 Å². The monoisotopic (exact) mass is 337 g/mol. The number of halogens is 1. The molecule has 2 aliphatic rings. The third-order valence-electron chi connectivity index (χ3n) is 5.32. The second kappa shape index (κ2) is 5.55. The Hall–Kier alpha value is -0.770. The van der Waals surface area contributed by atoms with Gasteiger partial charge in [-0.25, -0.2) is 4.98 Å². The molecule has 2 heterocycles. The number of anilines is 2. The van der Waals surface area contributed by atoms with Crippen LogP contribution in [-0.2, 0) is 0 Å². The van der Waals surface area contributed by atoms with Gasteiger partial charge in [-0.2, -0.15) is 0 Å². The van der Waals surface area contributed by atoms with Gasteiger partial charge in [-0.1, -0.05) is 19.3 Å². The maximum Gasteiger partial charge on any atom is 0.143 e. The van der Waals surface area contributed by atoms with Crippen LogP contribution in [0.1, 0.15) is 50.5 Å². The van der Waals surface area contributed by atoms with Crippen molar-refractivity contribution < 1.29 is 0 Å². The average molecular weight is 338 g/mol. The van der Waals surface area contributed by atoms with E-state index in [-0.39, 0.29) is 0 Å². The topological polar surface area (TPSA) is 42.1 Å². The number of pyridine rings is 1. The van der Waals surface area contributed by atoms with Crippen molar-refractivity contribution in [3.05, 3.63) is 16.2 Å². The fraction of sp³-hybridized carbons (Fsp3) is 0.688. The fourth-order valence-electron chi connectivity index (χ4n) is 3.79. The molecule has 20 heavy (non-hydrogen) atoms. The van der Waals surface area contributed by atoms with Crippen LogP contribution in [0.5, 0.6) is 0 Å². The molecule has 1 aromatic heterocycles. The molecule has 1 spiro atoms. The molecule has 4 heteroatoms. The first-order chi connectivity index (χ1) is 9.61. The van der Waals surface area contributed by atoms with E-state index in [9.17, 15) is 0 Å². The number of nitrogens with zero attached hydrogens (tertiary/aromatic N) is 2. The lowest BCUT2D eigenvalue weighted by atomic mass is 9.68. The summed E-state index contributed by atoms with van der Waals surface area (Å²) in [5.41, 5.74) is 8.43. The largest absolute Gasteiger partial charge is 0.397 e. The maximum absolute atomic E-state index is 5.92. The Bertz CT molecular complexity index is 485. The zero-order valence-electron chi connectivity index (χ0n) is 12.3. The Kier molecular flexibility index (Phi) is 3.93. The molecule has 0 amide bonds. The summed E-state index contributed by atoms with van der Waals surface area (Å²) >= 11 is 3.67. The third-order valence-corrected chi connectivity index (χ3v) is 6.27. The van der Waals surface area contributed by atoms with Crippen molar-refractivity contribution in [1.82, 2.24) is 4.98 Å². The molecule has 110 valence electrons. The van der Waals surface area contributed by atoms with E-state index in [4.69, 9.17) is 5.73 Å². The van der Waals surface area contributed by atoms with Crippen LogP contribution < -0.4 is 10.6 Å². The second-order valence-electron chi connectivity index (χ2n) is 6.52. The molecule has 0 atom stereocenters. The molecule has 2 fully saturated rings. The highest BCUT2D eigenvalue weighted by molar-refractivity contribution is 9.10. The van der Waals surface area contributed by atoms with Crippen molar-refractivity contribution in [2.24, 2.45) is 5.41 Å². The van der Waals surface area contributed by atoms with Crippen LogP contribution in [0.2, 0.25) is 0 Å². The summed E-state index contributed by atoms with van der Waals surface area (Å²) in [6, 6.07) is 0. The highest BCUT2D eigenvalue weighted by Gasteiger charge is 2.36. The molecule has 1 aliphatic carbocycles. The lowest BCUT2D eigenvalue weighted by Gasteiger charge is -2.45. The molecule has 3 nitrogen and oxygen atoms in total. The van der Waals surface area contributed by atoms with E-state index >= 15 is 0 Å². The predicted octanol–water partition coefficient (Wildman–Crippen LogP) is 4.29. The Morgan fingerprint density at radius 2 is 1.80 bits per heavy atom. The maximum atomic E-state index is 5.92. The lowest BCUT2D eigenvalue weighted by molar-refractivity contribution is 0.144. The first-order valence-corrected chi connectivity index (χ1v) is 8.56. The van der Waals surface area contributed by atoms with Crippen molar-refractivity contribution in [2.45, 2.75) is 51.9 Å². The number of hydrogen-bond donors (Lipinski definition) is 1. The van der Waals surface area contributed by atoms with Gasteiger partial charge in [0.25, 0.3) is 0 Å². The predicted molar refractivity (Wildman–Crippen MR) is 88.1 cm³/mol. The number of nitrogens with two attached hydrogens (primary N) is 1. The van der Waals surface area contributed by atoms with Gasteiger partial charge in [0.15, 0.2) is 0 Å². The Balaban J connectivity index is 1.73. The van der Waals surface area contributed by atoms with E-state index < -0.39 is 0 Å². The number of hydrogen-bond acceptors (Lipinski definition) is 3. The molecule has 1 aliphatic heterocycles. The molecule has 0 unspecified atom stereocenters. The summed E-state index contributed by atoms with van der Waals surface area (Å²) in [4.78, 5) is 6.98. The van der Waals surface area contributed by atoms with Crippen LogP contribution in [0.15, 0.2) is 10.7 Å². The average Bonchev–Trinajstić information content (AvgIpc) is 2.47. The minimum Gasteiger partial charge on any atom is -0.397 e. The number of rotatable bonds is 1. The van der Waals surface area contributed by atoms with Crippen molar-refractivity contribution in [1.29, 1.82) is 0 Å². The summed E-state index contributed by atoms with van der Waals surface area (Å²) in [5, 5.41) is 0. The fourth-order valence-corrected chi connectivity index (χ4v) is 4.38. The van der Waals surface area contributed by atoms with Gasteiger partial charge in [-0.15, -0.1) is 0 Å². The first-order valence-electron chi connectivity index (χ1n) is 7.77. The summed E-state index contributed by atoms with van der Waals surface area (Å²) in [7, 11) is 0. The van der Waals surface area contributed by atoms with Gasteiger partial charge >= 0.3 is 0 Å². The van der Waals surface area contributed by atoms with Crippen molar-refractivity contribution in [2.75, 3.05) is 23.7 Å². The lowest BCUT2D eigenvalue weighted by Crippen LogP contribution is -2.41. The number of aromatic nitrogens is 1. The van der Waals surface area contributed by atoms with E-state index in [1.54, 1.807) is 6.20 Å². The smallest absolute Gasteiger partial charge is 0.143 e. The van der Waals surface area contributed by atoms with E-state index in [0.717, 1.165) is 34.6 Å². The van der Waals surface area contributed by atoms with Gasteiger partial charge in [0.1, 0.15) is 5.82 Å². The normalized spacial score (nSPS) is 22.2. The minimum atomic E-state index is 0.643. The summed E-state index contributed by atoms with van der Waals surface area (Å²) in [5.74, 6) is 1.07. The van der Waals surface area contributed by atoms with Crippen LogP contribution in [-0.4, -0.2) is 18.1 Å². The van der Waals surface area contributed by atoms with E-state index in [1.165, 1.54) is 44.9 Å². The molecular formula is C16H24BrN3. The van der Waals surface area contributed by atoms with Crippen LogP contribution in [0.25, 0.3) is 0 Å². The van der Waals surface area contributed by atoms with E-state index in [0.29, 0.717) is 5.41 Å². The molecule has 3 rings (SSSR count). The molecule has 1 saturated heterocycles. The summed E-state index contributed by atoms with van der Waals surface area (Å²) in [6.45, 7) is 4.32. The first kappa shape index (κ1) is 14.2. The van der Waals surface area contributed by atoms with Gasteiger partial charge in [0.05, 0.1) is 16.4 Å². The van der Waals surface area contributed by atoms with Gasteiger partial charge in [0, 0.05) is 13.1 Å². The van der Waals surface area contributed by atoms with Gasteiger partial charge in [0.2, 0.25) is 0 Å². The molecular weight excluding hydrogens is 314 g/mol. The SMILES string of the molecule is Cc1c(N)cnc(N2CCC3(CCCCC3)CC2)c1Br. The third kappa shape index (κ3) is 2.54.